The van der Waals surface area contributed by atoms with Crippen LogP contribution in [0.5, 0.6) is 0 Å². The number of likely N-dealkylation sites (tertiary alicyclic amines) is 1. The number of halogens is 2. The molecule has 3 amide bonds. The van der Waals surface area contributed by atoms with Gasteiger partial charge < -0.3 is 15.1 Å². The minimum atomic E-state index is -0.852. The minimum Gasteiger partial charge on any atom is -0.355 e. The summed E-state index contributed by atoms with van der Waals surface area (Å²) in [5.74, 6) is -3.09. The molecule has 0 saturated carbocycles. The van der Waals surface area contributed by atoms with Crippen LogP contribution in [0.25, 0.3) is 0 Å². The van der Waals surface area contributed by atoms with E-state index in [1.807, 2.05) is 0 Å². The van der Waals surface area contributed by atoms with Crippen molar-refractivity contribution in [2.24, 2.45) is 5.92 Å². The second-order valence-electron chi connectivity index (χ2n) is 6.59. The van der Waals surface area contributed by atoms with Crippen molar-refractivity contribution in [3.8, 4) is 0 Å². The largest absolute Gasteiger partial charge is 0.355 e. The number of amides is 3. The first-order chi connectivity index (χ1) is 12.5. The second-order valence-corrected chi connectivity index (χ2v) is 6.59. The van der Waals surface area contributed by atoms with Gasteiger partial charge in [-0.2, -0.15) is 0 Å². The van der Waals surface area contributed by atoms with Crippen LogP contribution in [-0.4, -0.2) is 48.8 Å². The zero-order valence-electron chi connectivity index (χ0n) is 14.3. The molecule has 0 spiro atoms. The number of rotatable bonds is 6. The number of nitrogens with zero attached hydrogens (tertiary/aromatic N) is 2. The molecule has 2 saturated heterocycles. The van der Waals surface area contributed by atoms with Gasteiger partial charge in [-0.15, -0.1) is 0 Å². The lowest BCUT2D eigenvalue weighted by atomic mass is 10.1. The average molecular weight is 365 g/mol. The van der Waals surface area contributed by atoms with E-state index in [0.717, 1.165) is 31.2 Å². The molecule has 0 bridgehead atoms. The maximum absolute atomic E-state index is 13.3. The third-order valence-electron chi connectivity index (χ3n) is 4.76. The number of hydrogen-bond acceptors (Lipinski definition) is 3. The molecule has 0 aromatic heterocycles. The Morgan fingerprint density at radius 2 is 1.88 bits per heavy atom. The summed E-state index contributed by atoms with van der Waals surface area (Å²) in [5.41, 5.74) is 0.121. The summed E-state index contributed by atoms with van der Waals surface area (Å²) in [5, 5.41) is 2.72. The molecule has 140 valence electrons. The molecule has 26 heavy (non-hydrogen) atoms. The molecule has 6 nitrogen and oxygen atoms in total. The number of nitrogens with one attached hydrogen (secondary N) is 1. The smallest absolute Gasteiger partial charge is 0.239 e. The monoisotopic (exact) mass is 365 g/mol. The molecule has 8 heteroatoms. The minimum absolute atomic E-state index is 0.121. The molecule has 1 aromatic rings. The Morgan fingerprint density at radius 3 is 2.54 bits per heavy atom. The zero-order chi connectivity index (χ0) is 18.7. The lowest BCUT2D eigenvalue weighted by molar-refractivity contribution is -0.132. The summed E-state index contributed by atoms with van der Waals surface area (Å²) < 4.78 is 26.7. The molecule has 1 aromatic carbocycles. The number of carbonyl (C=O) groups excluding carboxylic acids is 3. The van der Waals surface area contributed by atoms with E-state index in [1.165, 1.54) is 4.90 Å². The molecule has 1 N–H and O–H groups in total. The molecule has 1 unspecified atom stereocenters. The average Bonchev–Trinajstić information content (AvgIpc) is 3.16. The lowest BCUT2D eigenvalue weighted by Crippen LogP contribution is -2.38. The fourth-order valence-electron chi connectivity index (χ4n) is 3.42. The van der Waals surface area contributed by atoms with Gasteiger partial charge in [0.2, 0.25) is 17.7 Å². The van der Waals surface area contributed by atoms with Gasteiger partial charge >= 0.3 is 0 Å². The van der Waals surface area contributed by atoms with Gasteiger partial charge in [0.05, 0.1) is 0 Å². The Labute approximate surface area is 150 Å². The molecule has 0 radical (unpaired) electrons. The van der Waals surface area contributed by atoms with Crippen LogP contribution >= 0.6 is 0 Å². The van der Waals surface area contributed by atoms with E-state index < -0.39 is 23.5 Å². The van der Waals surface area contributed by atoms with E-state index >= 15 is 0 Å². The summed E-state index contributed by atoms with van der Waals surface area (Å²) in [7, 11) is 0. The van der Waals surface area contributed by atoms with Gasteiger partial charge in [0.25, 0.3) is 0 Å². The molecule has 1 atom stereocenters. The standard InChI is InChI=1S/C18H21F2N3O3/c19-12-9-13(20)11-14(10-12)23-8-4-15(18(23)26)17(25)21-5-2-7-22-6-1-3-16(22)24/h9-11,15H,1-8H2,(H,21,25). The Kier molecular flexibility index (Phi) is 5.49. The first kappa shape index (κ1) is 18.3. The molecule has 3 rings (SSSR count). The fourth-order valence-corrected chi connectivity index (χ4v) is 3.42. The summed E-state index contributed by atoms with van der Waals surface area (Å²) in [4.78, 5) is 39.2. The maximum Gasteiger partial charge on any atom is 0.239 e. The van der Waals surface area contributed by atoms with Crippen molar-refractivity contribution in [1.82, 2.24) is 10.2 Å². The van der Waals surface area contributed by atoms with E-state index in [0.29, 0.717) is 32.4 Å². The van der Waals surface area contributed by atoms with Gasteiger partial charge in [-0.3, -0.25) is 14.4 Å². The van der Waals surface area contributed by atoms with Gasteiger partial charge in [0.15, 0.2) is 0 Å². The topological polar surface area (TPSA) is 69.7 Å². The quantitative estimate of drug-likeness (QED) is 0.613. The van der Waals surface area contributed by atoms with Crippen molar-refractivity contribution in [2.45, 2.75) is 25.7 Å². The lowest BCUT2D eigenvalue weighted by Gasteiger charge is -2.17. The molecule has 2 fully saturated rings. The molecule has 0 aliphatic carbocycles. The molecule has 2 aliphatic heterocycles. The van der Waals surface area contributed by atoms with Crippen LogP contribution in [0.3, 0.4) is 0 Å². The Morgan fingerprint density at radius 1 is 1.15 bits per heavy atom. The van der Waals surface area contributed by atoms with Crippen molar-refractivity contribution in [2.75, 3.05) is 31.1 Å². The van der Waals surface area contributed by atoms with E-state index in [9.17, 15) is 23.2 Å². The summed E-state index contributed by atoms with van der Waals surface area (Å²) in [6, 6.07) is 2.89. The first-order valence-corrected chi connectivity index (χ1v) is 8.78. The molecule has 2 heterocycles. The van der Waals surface area contributed by atoms with Crippen molar-refractivity contribution >= 4 is 23.4 Å². The summed E-state index contributed by atoms with van der Waals surface area (Å²) in [6.45, 7) is 1.96. The van der Waals surface area contributed by atoms with Gasteiger partial charge in [0, 0.05) is 44.4 Å². The van der Waals surface area contributed by atoms with Crippen LogP contribution in [-0.2, 0) is 14.4 Å². The Balaban J connectivity index is 1.49. The van der Waals surface area contributed by atoms with Gasteiger partial charge in [-0.1, -0.05) is 0 Å². The third-order valence-corrected chi connectivity index (χ3v) is 4.76. The van der Waals surface area contributed by atoms with Crippen LogP contribution in [0.15, 0.2) is 18.2 Å². The van der Waals surface area contributed by atoms with E-state index in [2.05, 4.69) is 5.32 Å². The van der Waals surface area contributed by atoms with Crippen LogP contribution < -0.4 is 10.2 Å². The number of anilines is 1. The molecular formula is C18H21F2N3O3. The van der Waals surface area contributed by atoms with Crippen LogP contribution in [0, 0.1) is 17.6 Å². The van der Waals surface area contributed by atoms with Crippen molar-refractivity contribution in [3.05, 3.63) is 29.8 Å². The first-order valence-electron chi connectivity index (χ1n) is 8.78. The Hall–Kier alpha value is -2.51. The summed E-state index contributed by atoms with van der Waals surface area (Å²) >= 11 is 0. The molecular weight excluding hydrogens is 344 g/mol. The Bertz CT molecular complexity index is 705. The number of hydrogen-bond donors (Lipinski definition) is 1. The van der Waals surface area contributed by atoms with Gasteiger partial charge in [-0.25, -0.2) is 8.78 Å². The number of carbonyl (C=O) groups is 3. The van der Waals surface area contributed by atoms with Crippen molar-refractivity contribution in [3.63, 3.8) is 0 Å². The number of benzene rings is 1. The fraction of sp³-hybridized carbons (Fsp3) is 0.500. The maximum atomic E-state index is 13.3. The normalized spacial score (nSPS) is 20.2. The zero-order valence-corrected chi connectivity index (χ0v) is 14.3. The van der Waals surface area contributed by atoms with Crippen LogP contribution in [0.2, 0.25) is 0 Å². The SMILES string of the molecule is O=C(NCCCN1CCCC1=O)C1CCN(c2cc(F)cc(F)c2)C1=O. The highest BCUT2D eigenvalue weighted by Crippen LogP contribution is 2.26. The van der Waals surface area contributed by atoms with Crippen LogP contribution in [0.1, 0.15) is 25.7 Å². The summed E-state index contributed by atoms with van der Waals surface area (Å²) in [6.07, 6.45) is 2.38. The highest BCUT2D eigenvalue weighted by atomic mass is 19.1. The highest BCUT2D eigenvalue weighted by Gasteiger charge is 2.37. The van der Waals surface area contributed by atoms with Gasteiger partial charge in [-0.05, 0) is 31.4 Å². The predicted molar refractivity (Wildman–Crippen MR) is 90.3 cm³/mol. The van der Waals surface area contributed by atoms with E-state index in [-0.39, 0.29) is 24.0 Å². The second kappa shape index (κ2) is 7.80. The van der Waals surface area contributed by atoms with E-state index in [4.69, 9.17) is 0 Å². The van der Waals surface area contributed by atoms with Gasteiger partial charge in [0.1, 0.15) is 17.6 Å². The highest BCUT2D eigenvalue weighted by molar-refractivity contribution is 6.09. The van der Waals surface area contributed by atoms with E-state index in [1.54, 1.807) is 4.90 Å². The van der Waals surface area contributed by atoms with Crippen LogP contribution in [0.4, 0.5) is 14.5 Å². The molecule has 2 aliphatic rings. The third kappa shape index (κ3) is 4.00. The van der Waals surface area contributed by atoms with Crippen molar-refractivity contribution in [1.29, 1.82) is 0 Å². The predicted octanol–water partition coefficient (Wildman–Crippen LogP) is 1.45. The van der Waals surface area contributed by atoms with Crippen molar-refractivity contribution < 1.29 is 23.2 Å².